The molecule has 0 bridgehead atoms. The third-order valence-electron chi connectivity index (χ3n) is 7.49. The van der Waals surface area contributed by atoms with Crippen molar-refractivity contribution in [3.05, 3.63) is 70.8 Å². The van der Waals surface area contributed by atoms with E-state index in [1.807, 2.05) is 62.4 Å². The van der Waals surface area contributed by atoms with Crippen molar-refractivity contribution in [2.75, 3.05) is 0 Å². The standard InChI is InChI=1S/C35H49N3O6/c1-22-18-19-26(20-23(22)2)29(38(27-16-13-17-27)31(40)24(3)36-33(42)44-35(7,8)9)30(39)37-28(32(41)43-34(4,5)6)21-25-14-11-10-12-15-25/h10-12,14-15,18-20,24,27-29H,13,16-17,21H2,1-9H3,(H,36,42)(H,37,39). The summed E-state index contributed by atoms with van der Waals surface area (Å²) in [5, 5.41) is 5.60. The van der Waals surface area contributed by atoms with Crippen LogP contribution >= 0.6 is 0 Å². The number of nitrogens with one attached hydrogen (secondary N) is 2. The Morgan fingerprint density at radius 3 is 2.00 bits per heavy atom. The highest BCUT2D eigenvalue weighted by Gasteiger charge is 2.42. The van der Waals surface area contributed by atoms with Crippen LogP contribution in [-0.4, -0.2) is 58.1 Å². The monoisotopic (exact) mass is 607 g/mol. The Balaban J connectivity index is 2.02. The topological polar surface area (TPSA) is 114 Å². The number of carbonyl (C=O) groups excluding carboxylic acids is 4. The largest absolute Gasteiger partial charge is 0.458 e. The molecule has 1 fully saturated rings. The molecule has 9 nitrogen and oxygen atoms in total. The van der Waals surface area contributed by atoms with Gasteiger partial charge in [0, 0.05) is 12.5 Å². The molecule has 0 aromatic heterocycles. The first-order valence-corrected chi connectivity index (χ1v) is 15.4. The molecule has 2 aromatic rings. The number of esters is 1. The molecule has 44 heavy (non-hydrogen) atoms. The van der Waals surface area contributed by atoms with Gasteiger partial charge in [-0.05, 0) is 104 Å². The molecule has 0 heterocycles. The predicted octanol–water partition coefficient (Wildman–Crippen LogP) is 5.71. The number of amides is 3. The molecule has 9 heteroatoms. The maximum absolute atomic E-state index is 14.4. The van der Waals surface area contributed by atoms with Gasteiger partial charge in [-0.15, -0.1) is 0 Å². The Labute approximate surface area is 262 Å². The number of carbonyl (C=O) groups is 4. The quantitative estimate of drug-likeness (QED) is 0.335. The average molecular weight is 608 g/mol. The first kappa shape index (κ1) is 34.6. The summed E-state index contributed by atoms with van der Waals surface area (Å²) >= 11 is 0. The van der Waals surface area contributed by atoms with Crippen molar-refractivity contribution >= 4 is 23.9 Å². The van der Waals surface area contributed by atoms with Gasteiger partial charge in [-0.25, -0.2) is 9.59 Å². The molecule has 3 rings (SSSR count). The number of benzene rings is 2. The Kier molecular flexibility index (Phi) is 11.2. The maximum Gasteiger partial charge on any atom is 0.408 e. The molecule has 0 spiro atoms. The summed E-state index contributed by atoms with van der Waals surface area (Å²) in [7, 11) is 0. The van der Waals surface area contributed by atoms with Gasteiger partial charge in [0.05, 0.1) is 0 Å². The fraction of sp³-hybridized carbons (Fsp3) is 0.543. The smallest absolute Gasteiger partial charge is 0.408 e. The van der Waals surface area contributed by atoms with Crippen LogP contribution in [0.15, 0.2) is 48.5 Å². The first-order chi connectivity index (χ1) is 20.4. The fourth-order valence-corrected chi connectivity index (χ4v) is 4.99. The van der Waals surface area contributed by atoms with E-state index in [0.29, 0.717) is 5.56 Å². The Hall–Kier alpha value is -3.88. The maximum atomic E-state index is 14.4. The molecule has 240 valence electrons. The number of rotatable bonds is 10. The van der Waals surface area contributed by atoms with Crippen molar-refractivity contribution in [3.63, 3.8) is 0 Å². The van der Waals surface area contributed by atoms with Gasteiger partial charge in [0.2, 0.25) is 11.8 Å². The molecule has 3 atom stereocenters. The number of hydrogen-bond donors (Lipinski definition) is 2. The van der Waals surface area contributed by atoms with Crippen molar-refractivity contribution in [2.24, 2.45) is 0 Å². The lowest BCUT2D eigenvalue weighted by atomic mass is 9.87. The fourth-order valence-electron chi connectivity index (χ4n) is 4.99. The van der Waals surface area contributed by atoms with Gasteiger partial charge in [0.25, 0.3) is 0 Å². The lowest BCUT2D eigenvalue weighted by Crippen LogP contribution is -2.58. The second-order valence-corrected chi connectivity index (χ2v) is 13.7. The SMILES string of the molecule is Cc1ccc(C(C(=O)NC(Cc2ccccc2)C(=O)OC(C)(C)C)N(C(=O)C(C)NC(=O)OC(C)(C)C)C2CCC2)cc1C. The molecule has 1 aliphatic carbocycles. The van der Waals surface area contributed by atoms with E-state index in [-0.39, 0.29) is 12.5 Å². The number of hydrogen-bond acceptors (Lipinski definition) is 6. The summed E-state index contributed by atoms with van der Waals surface area (Å²) in [5.41, 5.74) is 1.99. The second kappa shape index (κ2) is 14.3. The zero-order valence-corrected chi connectivity index (χ0v) is 27.7. The summed E-state index contributed by atoms with van der Waals surface area (Å²) in [5.74, 6) is -1.46. The van der Waals surface area contributed by atoms with E-state index in [0.717, 1.165) is 36.0 Å². The van der Waals surface area contributed by atoms with Crippen LogP contribution in [0.2, 0.25) is 0 Å². The van der Waals surface area contributed by atoms with Gasteiger partial charge < -0.3 is 25.0 Å². The van der Waals surface area contributed by atoms with E-state index in [1.165, 1.54) is 0 Å². The number of alkyl carbamates (subject to hydrolysis) is 1. The lowest BCUT2D eigenvalue weighted by Gasteiger charge is -2.43. The molecule has 0 aliphatic heterocycles. The van der Waals surface area contributed by atoms with Gasteiger partial charge in [0.15, 0.2) is 0 Å². The van der Waals surface area contributed by atoms with Crippen molar-refractivity contribution in [2.45, 2.75) is 123 Å². The molecule has 0 saturated heterocycles. The molecule has 1 saturated carbocycles. The Morgan fingerprint density at radius 2 is 1.48 bits per heavy atom. The predicted molar refractivity (Wildman–Crippen MR) is 170 cm³/mol. The summed E-state index contributed by atoms with van der Waals surface area (Å²) < 4.78 is 11.1. The van der Waals surface area contributed by atoms with Crippen LogP contribution in [0.25, 0.3) is 0 Å². The number of ether oxygens (including phenoxy) is 2. The van der Waals surface area contributed by atoms with E-state index in [1.54, 1.807) is 53.4 Å². The zero-order chi connectivity index (χ0) is 32.8. The minimum Gasteiger partial charge on any atom is -0.458 e. The van der Waals surface area contributed by atoms with Crippen LogP contribution in [0.1, 0.15) is 96.0 Å². The van der Waals surface area contributed by atoms with Gasteiger partial charge in [-0.2, -0.15) is 0 Å². The highest BCUT2D eigenvalue weighted by atomic mass is 16.6. The summed E-state index contributed by atoms with van der Waals surface area (Å²) in [4.78, 5) is 56.1. The Morgan fingerprint density at radius 1 is 0.864 bits per heavy atom. The van der Waals surface area contributed by atoms with E-state index in [9.17, 15) is 19.2 Å². The average Bonchev–Trinajstić information content (AvgIpc) is 2.86. The number of nitrogens with zero attached hydrogens (tertiary/aromatic N) is 1. The minimum atomic E-state index is -1.05. The third-order valence-corrected chi connectivity index (χ3v) is 7.49. The highest BCUT2D eigenvalue weighted by molar-refractivity contribution is 5.94. The van der Waals surface area contributed by atoms with E-state index >= 15 is 0 Å². The van der Waals surface area contributed by atoms with Crippen LogP contribution in [-0.2, 0) is 30.3 Å². The zero-order valence-electron chi connectivity index (χ0n) is 27.7. The third kappa shape index (κ3) is 9.82. The first-order valence-electron chi connectivity index (χ1n) is 15.4. The van der Waals surface area contributed by atoms with Crippen LogP contribution in [0.4, 0.5) is 4.79 Å². The molecule has 2 aromatic carbocycles. The van der Waals surface area contributed by atoms with Crippen molar-refractivity contribution < 1.29 is 28.7 Å². The molecular formula is C35H49N3O6. The lowest BCUT2D eigenvalue weighted by molar-refractivity contribution is -0.159. The van der Waals surface area contributed by atoms with E-state index < -0.39 is 53.2 Å². The van der Waals surface area contributed by atoms with Crippen molar-refractivity contribution in [1.82, 2.24) is 15.5 Å². The summed E-state index contributed by atoms with van der Waals surface area (Å²) in [6, 6.07) is 11.9. The van der Waals surface area contributed by atoms with E-state index in [4.69, 9.17) is 9.47 Å². The number of aryl methyl sites for hydroxylation is 2. The van der Waals surface area contributed by atoms with Crippen LogP contribution in [0.5, 0.6) is 0 Å². The van der Waals surface area contributed by atoms with Crippen molar-refractivity contribution in [3.8, 4) is 0 Å². The summed E-state index contributed by atoms with van der Waals surface area (Å²) in [6.07, 6.45) is 1.86. The molecule has 1 aliphatic rings. The summed E-state index contributed by atoms with van der Waals surface area (Å²) in [6.45, 7) is 16.1. The molecule has 3 unspecified atom stereocenters. The van der Waals surface area contributed by atoms with Crippen LogP contribution in [0, 0.1) is 13.8 Å². The van der Waals surface area contributed by atoms with Crippen LogP contribution < -0.4 is 10.6 Å². The molecule has 0 radical (unpaired) electrons. The minimum absolute atomic E-state index is 0.211. The molecular weight excluding hydrogens is 558 g/mol. The van der Waals surface area contributed by atoms with Crippen LogP contribution in [0.3, 0.4) is 0 Å². The molecule has 3 amide bonds. The normalized spacial score (nSPS) is 15.7. The van der Waals surface area contributed by atoms with E-state index in [2.05, 4.69) is 10.6 Å². The molecule has 2 N–H and O–H groups in total. The van der Waals surface area contributed by atoms with Crippen molar-refractivity contribution in [1.29, 1.82) is 0 Å². The second-order valence-electron chi connectivity index (χ2n) is 13.7. The van der Waals surface area contributed by atoms with Gasteiger partial charge in [0.1, 0.15) is 29.3 Å². The van der Waals surface area contributed by atoms with Gasteiger partial charge in [-0.3, -0.25) is 9.59 Å². The Bertz CT molecular complexity index is 1320. The van der Waals surface area contributed by atoms with Gasteiger partial charge in [-0.1, -0.05) is 48.5 Å². The van der Waals surface area contributed by atoms with Gasteiger partial charge >= 0.3 is 12.1 Å². The highest BCUT2D eigenvalue weighted by Crippen LogP contribution is 2.34.